The van der Waals surface area contributed by atoms with Crippen LogP contribution in [-0.2, 0) is 147 Å². The van der Waals surface area contributed by atoms with E-state index in [0.29, 0.717) is 101 Å². The molecule has 2 aromatic heterocycles. The van der Waals surface area contributed by atoms with Gasteiger partial charge in [-0.05, 0) is 141 Å². The molecule has 1 aliphatic heterocycles. The van der Waals surface area contributed by atoms with Crippen LogP contribution in [0.15, 0.2) is 197 Å². The van der Waals surface area contributed by atoms with Crippen LogP contribution in [0.25, 0.3) is 0 Å². The molecule has 40 heteroatoms. The van der Waals surface area contributed by atoms with Crippen LogP contribution in [0.5, 0.6) is 34.5 Å². The summed E-state index contributed by atoms with van der Waals surface area (Å²) in [6, 6.07) is 48.0. The molecule has 119 heavy (non-hydrogen) atoms. The molecule has 1 aliphatic rings. The largest absolute Gasteiger partial charge is 0.755 e. The molecular formula is C79H79Cl2N8O23S5Y2-7. The predicted octanol–water partition coefficient (Wildman–Crippen LogP) is 16.1. The Morgan fingerprint density at radius 2 is 0.773 bits per heavy atom. The SMILES string of the molecule is CCCCNc1cc(C(=O)O)cc(NS(=O)[O-])c1Oc1ccccc1.O=C(O)c1cc(NS(=O)[O-])c(Cl)cc1CCc1ccco1.O=C(O)c1cc(NS(=O)[O-])c(Oc2ccccc2)c(N2CCCC2)c1.[CH2-]C(=O)c1cc(NCCCC)c(Oc2ccccc2)c(NS(=O)[O-])c1.[CH2-]C(=O)c1cc(NS(=O)[O-])c(Cl)cc1CCc1ccco1.[Y].[Y]. The Balaban J connectivity index is 0.000000264. The number of carboxylic acid groups (broad SMARTS) is 3. The van der Waals surface area contributed by atoms with E-state index in [4.69, 9.17) is 46.2 Å². The number of benzene rings is 8. The number of hydrogen-bond donors (Lipinski definition) is 10. The fourth-order valence-electron chi connectivity index (χ4n) is 11.0. The minimum absolute atomic E-state index is 0. The molecule has 10 N–H and O–H groups in total. The number of carboxylic acids is 3. The number of ether oxygens (including phenoxy) is 3. The second-order valence-corrected chi connectivity index (χ2v) is 28.9. The van der Waals surface area contributed by atoms with Gasteiger partial charge in [0.05, 0.1) is 79.1 Å². The summed E-state index contributed by atoms with van der Waals surface area (Å²) >= 11 is -0.903. The van der Waals surface area contributed by atoms with Gasteiger partial charge in [0.2, 0.25) is 0 Å². The summed E-state index contributed by atoms with van der Waals surface area (Å²) in [5, 5.41) is 34.5. The summed E-state index contributed by atoms with van der Waals surface area (Å²) in [6.07, 6.45) is 10.9. The van der Waals surface area contributed by atoms with Crippen molar-refractivity contribution in [2.24, 2.45) is 0 Å². The molecule has 3 heterocycles. The summed E-state index contributed by atoms with van der Waals surface area (Å²) in [5.74, 6) is -0.344. The van der Waals surface area contributed by atoms with Crippen molar-refractivity contribution < 1.29 is 172 Å². The smallest absolute Gasteiger partial charge is 0.336 e. The number of ketones is 2. The van der Waals surface area contributed by atoms with Gasteiger partial charge in [-0.25, -0.2) is 14.4 Å². The molecular weight excluding hydrogens is 1840 g/mol. The first-order chi connectivity index (χ1) is 56.0. The van der Waals surface area contributed by atoms with Crippen molar-refractivity contribution in [3.8, 4) is 34.5 Å². The number of para-hydroxylation sites is 3. The maximum atomic E-state index is 11.7. The van der Waals surface area contributed by atoms with Gasteiger partial charge < -0.3 is 110 Å². The molecule has 11 rings (SSSR count). The quantitative estimate of drug-likeness (QED) is 0.00754. The van der Waals surface area contributed by atoms with Gasteiger partial charge in [0.1, 0.15) is 28.8 Å². The normalized spacial score (nSPS) is 12.3. The van der Waals surface area contributed by atoms with Crippen molar-refractivity contribution in [1.82, 2.24) is 0 Å². The van der Waals surface area contributed by atoms with Crippen LogP contribution in [-0.4, -0.2) is 115 Å². The van der Waals surface area contributed by atoms with Crippen molar-refractivity contribution in [2.45, 2.75) is 78.1 Å². The Labute approximate surface area is 759 Å². The molecule has 5 atom stereocenters. The molecule has 31 nitrogen and oxygen atoms in total. The summed E-state index contributed by atoms with van der Waals surface area (Å²) < 4.78 is 148. The first-order valence-electron chi connectivity index (χ1n) is 35.4. The van der Waals surface area contributed by atoms with E-state index >= 15 is 0 Å². The zero-order valence-corrected chi connectivity index (χ0v) is 74.9. The number of unbranched alkanes of at least 4 members (excludes halogenated alkanes) is 2. The van der Waals surface area contributed by atoms with Gasteiger partial charge in [0, 0.05) is 178 Å². The number of aromatic carboxylic acids is 3. The number of Topliss-reactive ketones (excluding diaryl/α,β-unsaturated/α-hetero) is 2. The third-order valence-electron chi connectivity index (χ3n) is 16.4. The minimum Gasteiger partial charge on any atom is -0.755 e. The van der Waals surface area contributed by atoms with E-state index in [9.17, 15) is 83.1 Å². The number of halogens is 2. The van der Waals surface area contributed by atoms with Crippen molar-refractivity contribution in [3.63, 3.8) is 0 Å². The monoisotopic (exact) mass is 1920 g/mol. The molecule has 1 saturated heterocycles. The fraction of sp³-hybridized carbons (Fsp3) is 0.203. The number of rotatable bonds is 36. The Hall–Kier alpha value is -9.05. The average Bonchev–Trinajstić information content (AvgIpc) is 1.72. The van der Waals surface area contributed by atoms with Crippen molar-refractivity contribution >= 4 is 155 Å². The average molecular weight is 1920 g/mol. The summed E-state index contributed by atoms with van der Waals surface area (Å²) in [4.78, 5) is 59.4. The molecule has 1 fully saturated rings. The summed E-state index contributed by atoms with van der Waals surface area (Å²) in [6.45, 7) is 13.6. The van der Waals surface area contributed by atoms with E-state index in [1.54, 1.807) is 97.3 Å². The number of carbonyl (C=O) groups excluding carboxylic acids is 2. The summed E-state index contributed by atoms with van der Waals surface area (Å²) in [5.41, 5.74) is 3.76. The third-order valence-corrected chi connectivity index (χ3v) is 19.0. The maximum absolute atomic E-state index is 11.7. The minimum atomic E-state index is -2.62. The molecule has 8 aromatic carbocycles. The van der Waals surface area contributed by atoms with Crippen LogP contribution in [0.4, 0.5) is 45.5 Å². The molecule has 2 radical (unpaired) electrons. The van der Waals surface area contributed by atoms with E-state index < -0.39 is 85.8 Å². The van der Waals surface area contributed by atoms with Crippen molar-refractivity contribution in [3.05, 3.63) is 263 Å². The zero-order chi connectivity index (χ0) is 85.1. The standard InChI is InChI=1S/C18H21N2O4S.C17H18N2O5S.C17H20N2O5S.C14H13ClNO4S.C13H12ClNO5S.2Y/c1-3-4-10-19-16-11-14(13(2)21)12-17(20-25(22)23)18(16)24-15-8-6-5-7-9-15;20-17(21)12-10-14(18-25(22)23)16(24-13-6-2-1-3-7-13)15(11-12)19-8-4-5-9-19;1-2-3-9-18-14-10-12(17(20)21)11-15(19-25(22)23)16(14)24-13-7-5-4-6-8-13;1-9(17)12-8-14(16-21(18)19)13(15)7-10(12)4-5-11-3-2-6-20-11;14-11-6-8(3-4-9-2-1-5-20-9)10(13(16)17)7-12(11)15-21(18)19;;/h5-9,11-12,19-20H,2-4,10H2,1H3,(H,22,23);1-3,6-7,10-11,18H,4-5,8-9H2,(H,20,21)(H,22,23);4-8,10-11,18-19H,2-3,9H2,1H3,(H,20,21)(H,22,23);2-3,6-8,16H,1,4-5H2,(H,18,19);1-2,5-7,15H,3-4H2,(H,16,17)(H,18,19);;/q-1;;;-1;;;/p-5. The second kappa shape index (κ2) is 52.2. The third kappa shape index (κ3) is 33.8. The molecule has 5 unspecified atom stereocenters. The summed E-state index contributed by atoms with van der Waals surface area (Å²) in [7, 11) is 0. The van der Waals surface area contributed by atoms with Gasteiger partial charge in [-0.15, -0.1) is 34.9 Å². The van der Waals surface area contributed by atoms with E-state index in [1.165, 1.54) is 54.8 Å². The van der Waals surface area contributed by atoms with E-state index in [1.807, 2.05) is 48.2 Å². The zero-order valence-electron chi connectivity index (χ0n) is 63.6. The van der Waals surface area contributed by atoms with Crippen molar-refractivity contribution in [2.75, 3.05) is 65.3 Å². The van der Waals surface area contributed by atoms with Crippen LogP contribution < -0.4 is 53.4 Å². The maximum Gasteiger partial charge on any atom is 0.336 e. The Morgan fingerprint density at radius 3 is 1.13 bits per heavy atom. The molecule has 10 aromatic rings. The Morgan fingerprint density at radius 1 is 0.429 bits per heavy atom. The number of furan rings is 2. The Bertz CT molecular complexity index is 4860. The van der Waals surface area contributed by atoms with Crippen LogP contribution in [0.3, 0.4) is 0 Å². The van der Waals surface area contributed by atoms with Gasteiger partial charge in [0.15, 0.2) is 17.2 Å². The Kier molecular flexibility index (Phi) is 44.1. The molecule has 630 valence electrons. The van der Waals surface area contributed by atoms with Gasteiger partial charge in [0.25, 0.3) is 0 Å². The van der Waals surface area contributed by atoms with Gasteiger partial charge in [-0.1, -0.05) is 111 Å². The molecule has 0 spiro atoms. The molecule has 0 amide bonds. The molecule has 0 bridgehead atoms. The number of anilines is 8. The predicted molar refractivity (Wildman–Crippen MR) is 445 cm³/mol. The number of carbonyl (C=O) groups is 5. The van der Waals surface area contributed by atoms with Crippen LogP contribution >= 0.6 is 23.2 Å². The van der Waals surface area contributed by atoms with E-state index in [2.05, 4.69) is 55.0 Å². The van der Waals surface area contributed by atoms with Gasteiger partial charge in [-0.2, -0.15) is 13.8 Å². The van der Waals surface area contributed by atoms with E-state index in [0.717, 1.165) is 63.1 Å². The fourth-order valence-corrected chi connectivity index (χ4v) is 13.3. The first-order valence-corrected chi connectivity index (χ1v) is 41.5. The second-order valence-electron chi connectivity index (χ2n) is 24.8. The van der Waals surface area contributed by atoms with Crippen molar-refractivity contribution in [1.29, 1.82) is 0 Å². The molecule has 0 saturated carbocycles. The number of hydrogen-bond acceptors (Lipinski definition) is 23. The van der Waals surface area contributed by atoms with Gasteiger partial charge in [-0.3, -0.25) is 21.0 Å². The first kappa shape index (κ1) is 101. The van der Waals surface area contributed by atoms with Gasteiger partial charge >= 0.3 is 17.9 Å². The van der Waals surface area contributed by atoms with Crippen LogP contribution in [0, 0.1) is 13.8 Å². The number of nitrogens with zero attached hydrogens (tertiary/aromatic N) is 1. The number of nitrogens with one attached hydrogen (secondary N) is 7. The van der Waals surface area contributed by atoms with Crippen LogP contribution in [0.2, 0.25) is 10.0 Å². The molecule has 0 aliphatic carbocycles. The van der Waals surface area contributed by atoms with Crippen LogP contribution in [0.1, 0.15) is 127 Å². The topological polar surface area (TPSA) is 488 Å². The number of aryl methyl sites for hydroxylation is 4. The van der Waals surface area contributed by atoms with E-state index in [-0.39, 0.29) is 132 Å².